The summed E-state index contributed by atoms with van der Waals surface area (Å²) in [5, 5.41) is 13.6. The summed E-state index contributed by atoms with van der Waals surface area (Å²) in [6.07, 6.45) is 0. The fourth-order valence-corrected chi connectivity index (χ4v) is 2.53. The Labute approximate surface area is 123 Å². The number of nitrogens with one attached hydrogen (secondary N) is 4. The van der Waals surface area contributed by atoms with E-state index in [0.29, 0.717) is 0 Å². The van der Waals surface area contributed by atoms with Crippen molar-refractivity contribution in [1.29, 1.82) is 0 Å². The van der Waals surface area contributed by atoms with Crippen LogP contribution in [0.1, 0.15) is 11.4 Å². The molecule has 5 nitrogen and oxygen atoms in total. The highest BCUT2D eigenvalue weighted by atomic mass is 79.9. The summed E-state index contributed by atoms with van der Waals surface area (Å²) in [6.45, 7) is 7.54. The highest BCUT2D eigenvalue weighted by molar-refractivity contribution is 9.10. The maximum atomic E-state index is 4.65. The van der Waals surface area contributed by atoms with Crippen LogP contribution in [0.4, 0.5) is 0 Å². The predicted molar refractivity (Wildman–Crippen MR) is 81.1 cm³/mol. The number of pyridine rings is 1. The Balaban J connectivity index is 1.94. The highest BCUT2D eigenvalue weighted by Gasteiger charge is 2.02. The third-order valence-electron chi connectivity index (χ3n) is 2.94. The minimum absolute atomic E-state index is 0.812. The van der Waals surface area contributed by atoms with Crippen molar-refractivity contribution in [3.05, 3.63) is 28.0 Å². The molecule has 0 atom stereocenters. The first-order chi connectivity index (χ1) is 9.34. The minimum atomic E-state index is 0.812. The smallest absolute Gasteiger partial charge is 0.0556 e. The SMILES string of the molecule is Brc1cc2nc(c1)CNCCNCCNCCNC2. The van der Waals surface area contributed by atoms with Crippen LogP contribution < -0.4 is 21.3 Å². The van der Waals surface area contributed by atoms with Gasteiger partial charge in [0.2, 0.25) is 0 Å². The van der Waals surface area contributed by atoms with Crippen LogP contribution in [-0.4, -0.2) is 44.3 Å². The molecule has 2 heterocycles. The summed E-state index contributed by atoms with van der Waals surface area (Å²) >= 11 is 3.55. The Morgan fingerprint density at radius 1 is 0.737 bits per heavy atom. The van der Waals surface area contributed by atoms with Gasteiger partial charge in [-0.15, -0.1) is 0 Å². The molecule has 19 heavy (non-hydrogen) atoms. The quantitative estimate of drug-likeness (QED) is 0.549. The van der Waals surface area contributed by atoms with E-state index in [1.165, 1.54) is 0 Å². The van der Waals surface area contributed by atoms with Gasteiger partial charge < -0.3 is 21.3 Å². The summed E-state index contributed by atoms with van der Waals surface area (Å²) in [5.74, 6) is 0. The fraction of sp³-hybridized carbons (Fsp3) is 0.615. The fourth-order valence-electron chi connectivity index (χ4n) is 2.00. The molecule has 1 aliphatic rings. The van der Waals surface area contributed by atoms with Gasteiger partial charge in [-0.25, -0.2) is 0 Å². The molecule has 0 radical (unpaired) electrons. The number of rotatable bonds is 0. The average Bonchev–Trinajstić information content (AvgIpc) is 2.39. The van der Waals surface area contributed by atoms with Crippen LogP contribution in [0, 0.1) is 0 Å². The first-order valence-electron chi connectivity index (χ1n) is 6.83. The van der Waals surface area contributed by atoms with Gasteiger partial charge in [-0.1, -0.05) is 15.9 Å². The first kappa shape index (κ1) is 14.9. The molecular formula is C13H22BrN5. The van der Waals surface area contributed by atoms with Crippen LogP contribution in [0.3, 0.4) is 0 Å². The first-order valence-corrected chi connectivity index (χ1v) is 7.62. The maximum absolute atomic E-state index is 4.65. The zero-order valence-corrected chi connectivity index (χ0v) is 12.7. The van der Waals surface area contributed by atoms with E-state index in [9.17, 15) is 0 Å². The van der Waals surface area contributed by atoms with Gasteiger partial charge in [0, 0.05) is 56.8 Å². The second-order valence-corrected chi connectivity index (χ2v) is 5.54. The van der Waals surface area contributed by atoms with Crippen LogP contribution >= 0.6 is 15.9 Å². The van der Waals surface area contributed by atoms with Crippen LogP contribution in [0.5, 0.6) is 0 Å². The molecule has 4 N–H and O–H groups in total. The van der Waals surface area contributed by atoms with Gasteiger partial charge in [-0.3, -0.25) is 4.98 Å². The van der Waals surface area contributed by atoms with E-state index in [4.69, 9.17) is 0 Å². The Bertz CT molecular complexity index is 353. The molecule has 0 fully saturated rings. The summed E-state index contributed by atoms with van der Waals surface area (Å²) in [5.41, 5.74) is 2.17. The summed E-state index contributed by atoms with van der Waals surface area (Å²) in [4.78, 5) is 4.65. The molecule has 0 unspecified atom stereocenters. The van der Waals surface area contributed by atoms with Gasteiger partial charge in [-0.2, -0.15) is 0 Å². The van der Waals surface area contributed by atoms with Gasteiger partial charge in [0.25, 0.3) is 0 Å². The van der Waals surface area contributed by atoms with Crippen molar-refractivity contribution in [2.75, 3.05) is 39.3 Å². The molecule has 2 bridgehead atoms. The van der Waals surface area contributed by atoms with Crippen molar-refractivity contribution in [2.45, 2.75) is 13.1 Å². The maximum Gasteiger partial charge on any atom is 0.0556 e. The van der Waals surface area contributed by atoms with Crippen molar-refractivity contribution in [1.82, 2.24) is 26.3 Å². The number of nitrogens with zero attached hydrogens (tertiary/aromatic N) is 1. The largest absolute Gasteiger partial charge is 0.314 e. The molecule has 0 saturated heterocycles. The second kappa shape index (κ2) is 8.60. The van der Waals surface area contributed by atoms with E-state index in [-0.39, 0.29) is 0 Å². The van der Waals surface area contributed by atoms with Gasteiger partial charge in [0.15, 0.2) is 0 Å². The van der Waals surface area contributed by atoms with Crippen LogP contribution in [0.2, 0.25) is 0 Å². The minimum Gasteiger partial charge on any atom is -0.314 e. The van der Waals surface area contributed by atoms with Gasteiger partial charge in [-0.05, 0) is 12.1 Å². The number of hydrogen-bond acceptors (Lipinski definition) is 5. The molecular weight excluding hydrogens is 306 g/mol. The zero-order valence-electron chi connectivity index (χ0n) is 11.1. The zero-order chi connectivity index (χ0) is 13.3. The predicted octanol–water partition coefficient (Wildman–Crippen LogP) is 0.216. The van der Waals surface area contributed by atoms with Crippen LogP contribution in [0.25, 0.3) is 0 Å². The molecule has 1 aliphatic heterocycles. The lowest BCUT2D eigenvalue weighted by atomic mass is 10.3. The molecule has 106 valence electrons. The molecule has 1 aromatic heterocycles. The molecule has 6 heteroatoms. The van der Waals surface area contributed by atoms with Crippen molar-refractivity contribution < 1.29 is 0 Å². The number of fused-ring (bicyclic) bond motifs is 2. The summed E-state index contributed by atoms with van der Waals surface area (Å²) < 4.78 is 1.09. The summed E-state index contributed by atoms with van der Waals surface area (Å²) in [7, 11) is 0. The van der Waals surface area contributed by atoms with E-state index < -0.39 is 0 Å². The standard InChI is InChI=1S/C13H22BrN5/c14-11-7-12-9-17-5-3-15-1-2-16-4-6-18-10-13(8-11)19-12/h7-8,15-18H,1-6,9-10H2. The number of aromatic nitrogens is 1. The molecule has 2 rings (SSSR count). The van der Waals surface area contributed by atoms with E-state index >= 15 is 0 Å². The van der Waals surface area contributed by atoms with Gasteiger partial charge in [0.05, 0.1) is 11.4 Å². The molecule has 0 amide bonds. The molecule has 0 aromatic carbocycles. The summed E-state index contributed by atoms with van der Waals surface area (Å²) in [6, 6.07) is 4.15. The highest BCUT2D eigenvalue weighted by Crippen LogP contribution is 2.12. The Kier molecular flexibility index (Phi) is 6.73. The van der Waals surface area contributed by atoms with Crippen LogP contribution in [0.15, 0.2) is 16.6 Å². The van der Waals surface area contributed by atoms with Crippen molar-refractivity contribution in [3.8, 4) is 0 Å². The Hall–Kier alpha value is -0.530. The number of hydrogen-bond donors (Lipinski definition) is 4. The normalized spacial score (nSPS) is 19.4. The molecule has 0 aliphatic carbocycles. The van der Waals surface area contributed by atoms with Gasteiger partial charge >= 0.3 is 0 Å². The monoisotopic (exact) mass is 327 g/mol. The molecule has 1 aromatic rings. The lowest BCUT2D eigenvalue weighted by molar-refractivity contribution is 0.568. The number of halogens is 1. The van der Waals surface area contributed by atoms with Crippen molar-refractivity contribution in [3.63, 3.8) is 0 Å². The lowest BCUT2D eigenvalue weighted by Gasteiger charge is -2.08. The third-order valence-corrected chi connectivity index (χ3v) is 3.40. The van der Waals surface area contributed by atoms with E-state index in [2.05, 4.69) is 54.3 Å². The molecule has 0 saturated carbocycles. The van der Waals surface area contributed by atoms with E-state index in [1.54, 1.807) is 0 Å². The molecule has 0 spiro atoms. The second-order valence-electron chi connectivity index (χ2n) is 4.62. The van der Waals surface area contributed by atoms with Crippen LogP contribution in [-0.2, 0) is 13.1 Å². The Morgan fingerprint density at radius 3 is 1.63 bits per heavy atom. The lowest BCUT2D eigenvalue weighted by Crippen LogP contribution is -2.34. The van der Waals surface area contributed by atoms with Crippen molar-refractivity contribution >= 4 is 15.9 Å². The van der Waals surface area contributed by atoms with E-state index in [1.807, 2.05) is 0 Å². The van der Waals surface area contributed by atoms with Gasteiger partial charge in [0.1, 0.15) is 0 Å². The topological polar surface area (TPSA) is 61.0 Å². The third kappa shape index (κ3) is 5.97. The van der Waals surface area contributed by atoms with E-state index in [0.717, 1.165) is 68.2 Å². The average molecular weight is 328 g/mol. The Morgan fingerprint density at radius 2 is 1.16 bits per heavy atom. The van der Waals surface area contributed by atoms with Crippen molar-refractivity contribution in [2.24, 2.45) is 0 Å².